The quantitative estimate of drug-likeness (QED) is 0.878. The first-order chi connectivity index (χ1) is 12.1. The number of halogens is 1. The summed E-state index contributed by atoms with van der Waals surface area (Å²) in [6.45, 7) is 1.32. The van der Waals surface area contributed by atoms with E-state index in [0.29, 0.717) is 31.6 Å². The predicted octanol–water partition coefficient (Wildman–Crippen LogP) is 2.53. The van der Waals surface area contributed by atoms with Crippen LogP contribution in [0.25, 0.3) is 0 Å². The number of amides is 2. The Balaban J connectivity index is 1.48. The van der Waals surface area contributed by atoms with Gasteiger partial charge in [-0.15, -0.1) is 0 Å². The number of benzene rings is 2. The smallest absolute Gasteiger partial charge is 0.225 e. The van der Waals surface area contributed by atoms with E-state index in [4.69, 9.17) is 0 Å². The fourth-order valence-electron chi connectivity index (χ4n) is 3.07. The van der Waals surface area contributed by atoms with Crippen LogP contribution in [0.5, 0.6) is 0 Å². The molecule has 130 valence electrons. The molecule has 5 heteroatoms. The second kappa shape index (κ2) is 7.92. The summed E-state index contributed by atoms with van der Waals surface area (Å²) in [7, 11) is 0. The SMILES string of the molecule is O=C(NCCc1ccccc1F)C1CC(=O)N(Cc2ccccc2)C1. The Hall–Kier alpha value is -2.69. The van der Waals surface area contributed by atoms with E-state index in [0.717, 1.165) is 5.56 Å². The summed E-state index contributed by atoms with van der Waals surface area (Å²) < 4.78 is 13.6. The van der Waals surface area contributed by atoms with Gasteiger partial charge in [-0.1, -0.05) is 48.5 Å². The maximum absolute atomic E-state index is 13.6. The molecule has 1 aliphatic rings. The van der Waals surface area contributed by atoms with Crippen LogP contribution in [0.2, 0.25) is 0 Å². The number of carbonyl (C=O) groups excluding carboxylic acids is 2. The van der Waals surface area contributed by atoms with Crippen molar-refractivity contribution in [3.63, 3.8) is 0 Å². The van der Waals surface area contributed by atoms with Crippen molar-refractivity contribution in [2.24, 2.45) is 5.92 Å². The van der Waals surface area contributed by atoms with E-state index < -0.39 is 0 Å². The van der Waals surface area contributed by atoms with Gasteiger partial charge in [-0.25, -0.2) is 4.39 Å². The summed E-state index contributed by atoms with van der Waals surface area (Å²) in [5.41, 5.74) is 1.63. The Kier molecular flexibility index (Phi) is 5.43. The second-order valence-corrected chi connectivity index (χ2v) is 6.29. The molecule has 1 N–H and O–H groups in total. The Morgan fingerprint density at radius 2 is 1.84 bits per heavy atom. The molecule has 1 atom stereocenters. The van der Waals surface area contributed by atoms with E-state index >= 15 is 0 Å². The lowest BCUT2D eigenvalue weighted by molar-refractivity contribution is -0.129. The number of nitrogens with zero attached hydrogens (tertiary/aromatic N) is 1. The Morgan fingerprint density at radius 3 is 2.60 bits per heavy atom. The summed E-state index contributed by atoms with van der Waals surface area (Å²) in [5, 5.41) is 2.82. The first-order valence-electron chi connectivity index (χ1n) is 8.46. The van der Waals surface area contributed by atoms with Gasteiger partial charge in [0.1, 0.15) is 5.82 Å². The molecule has 0 spiro atoms. The Morgan fingerprint density at radius 1 is 1.12 bits per heavy atom. The molecule has 0 aliphatic carbocycles. The molecular formula is C20H21FN2O2. The molecule has 0 radical (unpaired) electrons. The van der Waals surface area contributed by atoms with Crippen molar-refractivity contribution in [2.75, 3.05) is 13.1 Å². The molecule has 3 rings (SSSR count). The van der Waals surface area contributed by atoms with Gasteiger partial charge in [0.2, 0.25) is 11.8 Å². The fraction of sp³-hybridized carbons (Fsp3) is 0.300. The van der Waals surface area contributed by atoms with Gasteiger partial charge < -0.3 is 10.2 Å². The predicted molar refractivity (Wildman–Crippen MR) is 93.1 cm³/mol. The molecule has 1 saturated heterocycles. The maximum Gasteiger partial charge on any atom is 0.225 e. The molecule has 0 aromatic heterocycles. The lowest BCUT2D eigenvalue weighted by Crippen LogP contribution is -2.34. The molecular weight excluding hydrogens is 319 g/mol. The molecule has 1 fully saturated rings. The van der Waals surface area contributed by atoms with Crippen molar-refractivity contribution in [2.45, 2.75) is 19.4 Å². The van der Waals surface area contributed by atoms with Crippen LogP contribution in [-0.2, 0) is 22.6 Å². The van der Waals surface area contributed by atoms with Crippen LogP contribution in [0.4, 0.5) is 4.39 Å². The largest absolute Gasteiger partial charge is 0.355 e. The molecule has 0 bridgehead atoms. The first-order valence-corrected chi connectivity index (χ1v) is 8.46. The third kappa shape index (κ3) is 4.44. The lowest BCUT2D eigenvalue weighted by Gasteiger charge is -2.16. The average Bonchev–Trinajstić information content (AvgIpc) is 2.98. The summed E-state index contributed by atoms with van der Waals surface area (Å²) >= 11 is 0. The van der Waals surface area contributed by atoms with E-state index in [2.05, 4.69) is 5.32 Å². The molecule has 2 aromatic carbocycles. The van der Waals surface area contributed by atoms with Crippen LogP contribution < -0.4 is 5.32 Å². The van der Waals surface area contributed by atoms with E-state index in [1.54, 1.807) is 23.1 Å². The molecule has 0 saturated carbocycles. The third-order valence-corrected chi connectivity index (χ3v) is 4.45. The van der Waals surface area contributed by atoms with Gasteiger partial charge >= 0.3 is 0 Å². The first kappa shape index (κ1) is 17.1. The Labute approximate surface area is 146 Å². The minimum Gasteiger partial charge on any atom is -0.355 e. The molecule has 2 aromatic rings. The monoisotopic (exact) mass is 340 g/mol. The van der Waals surface area contributed by atoms with Crippen LogP contribution in [0.3, 0.4) is 0 Å². The van der Waals surface area contributed by atoms with E-state index in [1.807, 2.05) is 30.3 Å². The molecule has 2 amide bonds. The van der Waals surface area contributed by atoms with Crippen LogP contribution in [0, 0.1) is 11.7 Å². The molecule has 1 unspecified atom stereocenters. The zero-order valence-corrected chi connectivity index (χ0v) is 14.0. The van der Waals surface area contributed by atoms with Gasteiger partial charge in [-0.05, 0) is 23.6 Å². The summed E-state index contributed by atoms with van der Waals surface area (Å²) in [4.78, 5) is 26.1. The zero-order valence-electron chi connectivity index (χ0n) is 14.0. The summed E-state index contributed by atoms with van der Waals surface area (Å²) in [6.07, 6.45) is 0.672. The third-order valence-electron chi connectivity index (χ3n) is 4.45. The molecule has 1 aliphatic heterocycles. The maximum atomic E-state index is 13.6. The van der Waals surface area contributed by atoms with Crippen molar-refractivity contribution < 1.29 is 14.0 Å². The Bertz CT molecular complexity index is 748. The summed E-state index contributed by atoms with van der Waals surface area (Å²) in [6, 6.07) is 16.3. The number of rotatable bonds is 6. The van der Waals surface area contributed by atoms with E-state index in [9.17, 15) is 14.0 Å². The standard InChI is InChI=1S/C20H21FN2O2/c21-18-9-5-4-8-16(18)10-11-22-20(25)17-12-19(24)23(14-17)13-15-6-2-1-3-7-15/h1-9,17H,10-14H2,(H,22,25). The fourth-order valence-corrected chi connectivity index (χ4v) is 3.07. The van der Waals surface area contributed by atoms with Crippen LogP contribution in [0.1, 0.15) is 17.5 Å². The number of likely N-dealkylation sites (tertiary alicyclic amines) is 1. The second-order valence-electron chi connectivity index (χ2n) is 6.29. The molecule has 25 heavy (non-hydrogen) atoms. The van der Waals surface area contributed by atoms with Crippen LogP contribution in [-0.4, -0.2) is 29.8 Å². The number of hydrogen-bond acceptors (Lipinski definition) is 2. The zero-order chi connectivity index (χ0) is 17.6. The highest BCUT2D eigenvalue weighted by atomic mass is 19.1. The van der Waals surface area contributed by atoms with Crippen molar-refractivity contribution >= 4 is 11.8 Å². The highest BCUT2D eigenvalue weighted by Crippen LogP contribution is 2.20. The van der Waals surface area contributed by atoms with Gasteiger partial charge in [-0.2, -0.15) is 0 Å². The van der Waals surface area contributed by atoms with Gasteiger partial charge in [-0.3, -0.25) is 9.59 Å². The van der Waals surface area contributed by atoms with Crippen molar-refractivity contribution in [1.29, 1.82) is 0 Å². The highest BCUT2D eigenvalue weighted by Gasteiger charge is 2.33. The van der Waals surface area contributed by atoms with Crippen molar-refractivity contribution in [1.82, 2.24) is 10.2 Å². The number of carbonyl (C=O) groups is 2. The number of hydrogen-bond donors (Lipinski definition) is 1. The van der Waals surface area contributed by atoms with E-state index in [-0.39, 0.29) is 30.0 Å². The number of nitrogens with one attached hydrogen (secondary N) is 1. The molecule has 1 heterocycles. The van der Waals surface area contributed by atoms with Gasteiger partial charge in [0.15, 0.2) is 0 Å². The van der Waals surface area contributed by atoms with Gasteiger partial charge in [0, 0.05) is 26.1 Å². The van der Waals surface area contributed by atoms with E-state index in [1.165, 1.54) is 6.07 Å². The van der Waals surface area contributed by atoms with Gasteiger partial charge in [0.25, 0.3) is 0 Å². The molecule has 4 nitrogen and oxygen atoms in total. The average molecular weight is 340 g/mol. The normalized spacial score (nSPS) is 16.9. The van der Waals surface area contributed by atoms with Crippen molar-refractivity contribution in [3.05, 3.63) is 71.5 Å². The topological polar surface area (TPSA) is 49.4 Å². The summed E-state index contributed by atoms with van der Waals surface area (Å²) in [5.74, 6) is -0.739. The van der Waals surface area contributed by atoms with Crippen LogP contribution in [0.15, 0.2) is 54.6 Å². The highest BCUT2D eigenvalue weighted by molar-refractivity contribution is 5.89. The minimum atomic E-state index is -0.336. The van der Waals surface area contributed by atoms with Crippen LogP contribution >= 0.6 is 0 Å². The van der Waals surface area contributed by atoms with Crippen molar-refractivity contribution in [3.8, 4) is 0 Å². The minimum absolute atomic E-state index is 0.00175. The van der Waals surface area contributed by atoms with Gasteiger partial charge in [0.05, 0.1) is 5.92 Å². The lowest BCUT2D eigenvalue weighted by atomic mass is 10.1.